The number of hydrogen-bond acceptors (Lipinski definition) is 4. The van der Waals surface area contributed by atoms with Crippen LogP contribution in [0.4, 0.5) is 5.69 Å². The summed E-state index contributed by atoms with van der Waals surface area (Å²) in [6, 6.07) is 4.22. The van der Waals surface area contributed by atoms with Crippen LogP contribution in [-0.4, -0.2) is 16.0 Å². The van der Waals surface area contributed by atoms with Gasteiger partial charge in [0.15, 0.2) is 5.78 Å². The number of alkyl halides is 1. The highest BCUT2D eigenvalue weighted by molar-refractivity contribution is 14.1. The molecule has 5 nitrogen and oxygen atoms in total. The maximum absolute atomic E-state index is 11.5. The molecule has 0 bridgehead atoms. The Labute approximate surface area is 113 Å². The minimum absolute atomic E-state index is 0.0412. The van der Waals surface area contributed by atoms with E-state index < -0.39 is 4.92 Å². The lowest BCUT2D eigenvalue weighted by Crippen LogP contribution is -2.05. The fourth-order valence-corrected chi connectivity index (χ4v) is 2.16. The smallest absolute Gasteiger partial charge is 0.287 e. The van der Waals surface area contributed by atoms with Gasteiger partial charge in [-0.05, 0) is 28.7 Å². The quantitative estimate of drug-likeness (QED) is 0.259. The van der Waals surface area contributed by atoms with E-state index in [4.69, 9.17) is 5.26 Å². The van der Waals surface area contributed by atoms with Gasteiger partial charge >= 0.3 is 0 Å². The number of nitro groups is 1. The highest BCUT2D eigenvalue weighted by atomic mass is 127. The molecule has 0 radical (unpaired) electrons. The predicted molar refractivity (Wildman–Crippen MR) is 68.7 cm³/mol. The van der Waals surface area contributed by atoms with Crippen LogP contribution in [0, 0.1) is 25.0 Å². The Morgan fingerprint density at radius 2 is 2.25 bits per heavy atom. The van der Waals surface area contributed by atoms with Crippen molar-refractivity contribution < 1.29 is 9.72 Å². The van der Waals surface area contributed by atoms with Crippen molar-refractivity contribution >= 4 is 50.0 Å². The maximum atomic E-state index is 11.5. The molecule has 16 heavy (non-hydrogen) atoms. The van der Waals surface area contributed by atoms with E-state index in [2.05, 4.69) is 15.9 Å². The molecule has 0 N–H and O–H groups in total. The predicted octanol–water partition coefficient (Wildman–Crippen LogP) is 2.65. The van der Waals surface area contributed by atoms with Crippen LogP contribution in [-0.2, 0) is 0 Å². The molecule has 0 spiro atoms. The summed E-state index contributed by atoms with van der Waals surface area (Å²) < 4.78 is 0.532. The van der Waals surface area contributed by atoms with Gasteiger partial charge in [-0.15, -0.1) is 0 Å². The van der Waals surface area contributed by atoms with E-state index in [0.29, 0.717) is 3.57 Å². The first kappa shape index (κ1) is 13.1. The van der Waals surface area contributed by atoms with Gasteiger partial charge in [-0.3, -0.25) is 14.9 Å². The van der Waals surface area contributed by atoms with Crippen molar-refractivity contribution in [2.45, 2.75) is 0 Å². The zero-order chi connectivity index (χ0) is 12.3. The van der Waals surface area contributed by atoms with Crippen molar-refractivity contribution in [1.29, 1.82) is 5.26 Å². The molecule has 0 aromatic heterocycles. The van der Waals surface area contributed by atoms with Crippen molar-refractivity contribution in [1.82, 2.24) is 0 Å². The number of ketones is 1. The highest BCUT2D eigenvalue weighted by Crippen LogP contribution is 2.25. The molecule has 1 aromatic rings. The summed E-state index contributed by atoms with van der Waals surface area (Å²) in [7, 11) is 0. The molecule has 7 heteroatoms. The Kier molecular flexibility index (Phi) is 4.37. The molecule has 0 unspecified atom stereocenters. The van der Waals surface area contributed by atoms with Crippen molar-refractivity contribution in [2.24, 2.45) is 0 Å². The maximum Gasteiger partial charge on any atom is 0.287 e. The van der Waals surface area contributed by atoms with Gasteiger partial charge in [-0.1, -0.05) is 15.9 Å². The van der Waals surface area contributed by atoms with Crippen LogP contribution in [0.1, 0.15) is 15.9 Å². The monoisotopic (exact) mass is 394 g/mol. The average Bonchev–Trinajstić information content (AvgIpc) is 2.27. The van der Waals surface area contributed by atoms with E-state index in [1.807, 2.05) is 22.6 Å². The summed E-state index contributed by atoms with van der Waals surface area (Å²) in [5.41, 5.74) is -0.129. The first-order valence-electron chi connectivity index (χ1n) is 3.98. The van der Waals surface area contributed by atoms with E-state index in [1.165, 1.54) is 6.07 Å². The number of halogens is 2. The van der Waals surface area contributed by atoms with E-state index in [9.17, 15) is 14.9 Å². The van der Waals surface area contributed by atoms with Gasteiger partial charge < -0.3 is 0 Å². The first-order valence-corrected chi connectivity index (χ1v) is 6.18. The Balaban J connectivity index is 3.46. The summed E-state index contributed by atoms with van der Waals surface area (Å²) in [6.45, 7) is 0. The fourth-order valence-electron chi connectivity index (χ4n) is 1.09. The van der Waals surface area contributed by atoms with Crippen molar-refractivity contribution in [3.8, 4) is 6.07 Å². The van der Waals surface area contributed by atoms with Gasteiger partial charge in [0.1, 0.15) is 11.6 Å². The Morgan fingerprint density at radius 3 is 2.69 bits per heavy atom. The van der Waals surface area contributed by atoms with Crippen LogP contribution in [0.25, 0.3) is 0 Å². The number of rotatable bonds is 3. The molecule has 0 atom stereocenters. The summed E-state index contributed by atoms with van der Waals surface area (Å²) in [5.74, 6) is -0.253. The van der Waals surface area contributed by atoms with E-state index >= 15 is 0 Å². The number of benzene rings is 1. The summed E-state index contributed by atoms with van der Waals surface area (Å²) in [6.07, 6.45) is 0. The second kappa shape index (κ2) is 5.36. The van der Waals surface area contributed by atoms with Crippen LogP contribution >= 0.6 is 38.5 Å². The number of hydrogen-bond donors (Lipinski definition) is 0. The minimum Gasteiger partial charge on any atom is -0.293 e. The van der Waals surface area contributed by atoms with Crippen LogP contribution < -0.4 is 0 Å². The molecule has 1 rings (SSSR count). The summed E-state index contributed by atoms with van der Waals surface area (Å²) in [4.78, 5) is 21.5. The van der Waals surface area contributed by atoms with E-state index in [-0.39, 0.29) is 27.9 Å². The van der Waals surface area contributed by atoms with Gasteiger partial charge in [-0.25, -0.2) is 0 Å². The Hall–Kier alpha value is -1.01. The number of carbonyl (C=O) groups excluding carboxylic acids is 1. The van der Waals surface area contributed by atoms with Crippen LogP contribution in [0.5, 0.6) is 0 Å². The lowest BCUT2D eigenvalue weighted by atomic mass is 10.1. The fraction of sp³-hybridized carbons (Fsp3) is 0.111. The van der Waals surface area contributed by atoms with Gasteiger partial charge in [0, 0.05) is 15.2 Å². The van der Waals surface area contributed by atoms with Crippen LogP contribution in [0.2, 0.25) is 0 Å². The Morgan fingerprint density at radius 1 is 1.62 bits per heavy atom. The zero-order valence-electron chi connectivity index (χ0n) is 7.74. The van der Waals surface area contributed by atoms with Crippen LogP contribution in [0.3, 0.4) is 0 Å². The number of Topliss-reactive ketones (excluding diaryl/α,β-unsaturated/α-hetero) is 1. The molecule has 0 fully saturated rings. The van der Waals surface area contributed by atoms with Gasteiger partial charge in [0.2, 0.25) is 0 Å². The molecule has 0 amide bonds. The third-order valence-corrected chi connectivity index (χ3v) is 3.23. The SMILES string of the molecule is N#Cc1cc(I)c(C(=O)CBr)cc1[N+](=O)[O-]. The van der Waals surface area contributed by atoms with Gasteiger partial charge in [-0.2, -0.15) is 5.26 Å². The number of carbonyl (C=O) groups is 1. The minimum atomic E-state index is -0.667. The molecule has 0 heterocycles. The number of nitrogens with zero attached hydrogens (tertiary/aromatic N) is 2. The van der Waals surface area contributed by atoms with Crippen LogP contribution in [0.15, 0.2) is 12.1 Å². The molecule has 1 aromatic carbocycles. The van der Waals surface area contributed by atoms with Crippen molar-refractivity contribution in [3.63, 3.8) is 0 Å². The average molecular weight is 395 g/mol. The van der Waals surface area contributed by atoms with Crippen molar-refractivity contribution in [2.75, 3.05) is 5.33 Å². The third-order valence-electron chi connectivity index (χ3n) is 1.82. The summed E-state index contributed by atoms with van der Waals surface area (Å²) in [5, 5.41) is 19.5. The normalized spacial score (nSPS) is 9.56. The van der Waals surface area contributed by atoms with Gasteiger partial charge in [0.25, 0.3) is 5.69 Å². The highest BCUT2D eigenvalue weighted by Gasteiger charge is 2.20. The second-order valence-corrected chi connectivity index (χ2v) is 4.50. The molecule has 0 aliphatic heterocycles. The van der Waals surface area contributed by atoms with Gasteiger partial charge in [0.05, 0.1) is 10.3 Å². The lowest BCUT2D eigenvalue weighted by Gasteiger charge is -2.02. The molecule has 0 aliphatic rings. The molecule has 0 saturated carbocycles. The largest absolute Gasteiger partial charge is 0.293 e. The standard InChI is InChI=1S/C9H4BrIN2O3/c10-3-9(14)6-2-8(13(15)16)5(4-12)1-7(6)11/h1-2H,3H2. The number of nitro benzene ring substituents is 1. The topological polar surface area (TPSA) is 84.0 Å². The zero-order valence-corrected chi connectivity index (χ0v) is 11.5. The molecular formula is C9H4BrIN2O3. The molecule has 0 aliphatic carbocycles. The molecular weight excluding hydrogens is 391 g/mol. The Bertz CT molecular complexity index is 510. The van der Waals surface area contributed by atoms with Crippen molar-refractivity contribution in [3.05, 3.63) is 36.9 Å². The number of nitriles is 1. The van der Waals surface area contributed by atoms with E-state index in [0.717, 1.165) is 6.07 Å². The molecule has 82 valence electrons. The third kappa shape index (κ3) is 2.56. The second-order valence-electron chi connectivity index (χ2n) is 2.77. The van der Waals surface area contributed by atoms with E-state index in [1.54, 1.807) is 6.07 Å². The first-order chi connectivity index (χ1) is 7.51. The lowest BCUT2D eigenvalue weighted by molar-refractivity contribution is -0.385. The molecule has 0 saturated heterocycles. The summed E-state index contributed by atoms with van der Waals surface area (Å²) >= 11 is 4.87.